The Bertz CT molecular complexity index is 609. The summed E-state index contributed by atoms with van der Waals surface area (Å²) in [5, 5.41) is 2.34. The van der Waals surface area contributed by atoms with Gasteiger partial charge in [-0.05, 0) is 26.2 Å². The highest BCUT2D eigenvalue weighted by atomic mass is 35.5. The fourth-order valence-corrected chi connectivity index (χ4v) is 3.17. The van der Waals surface area contributed by atoms with Crippen molar-refractivity contribution in [2.24, 2.45) is 5.92 Å². The molecule has 1 N–H and O–H groups in total. The molecule has 0 saturated carbocycles. The van der Waals surface area contributed by atoms with Crippen molar-refractivity contribution in [1.82, 2.24) is 15.3 Å². The third-order valence-electron chi connectivity index (χ3n) is 3.95. The quantitative estimate of drug-likeness (QED) is 0.835. The van der Waals surface area contributed by atoms with E-state index in [0.717, 1.165) is 5.56 Å². The smallest absolute Gasteiger partial charge is 0.355 e. The Balaban J connectivity index is 2.12. The zero-order valence-electron chi connectivity index (χ0n) is 13.6. The van der Waals surface area contributed by atoms with E-state index < -0.39 is 24.5 Å². The van der Waals surface area contributed by atoms with Crippen molar-refractivity contribution in [2.75, 3.05) is 24.5 Å². The second-order valence-electron chi connectivity index (χ2n) is 5.84. The highest BCUT2D eigenvalue weighted by Gasteiger charge is 2.32. The molecule has 5 nitrogen and oxygen atoms in total. The lowest BCUT2D eigenvalue weighted by Gasteiger charge is -2.34. The molecule has 1 aliphatic rings. The molecular formula is C15H20ClF3N4O. The largest absolute Gasteiger partial charge is 0.405 e. The van der Waals surface area contributed by atoms with Crippen LogP contribution in [0, 0.1) is 12.8 Å². The minimum Gasteiger partial charge on any atom is -0.355 e. The molecule has 1 unspecified atom stereocenters. The summed E-state index contributed by atoms with van der Waals surface area (Å²) >= 11 is 6.17. The highest BCUT2D eigenvalue weighted by Crippen LogP contribution is 2.29. The lowest BCUT2D eigenvalue weighted by Crippen LogP contribution is -2.45. The molecule has 1 aromatic heterocycles. The van der Waals surface area contributed by atoms with Crippen LogP contribution >= 0.6 is 11.6 Å². The molecule has 9 heteroatoms. The van der Waals surface area contributed by atoms with Crippen molar-refractivity contribution in [1.29, 1.82) is 0 Å². The number of nitrogens with one attached hydrogen (secondary N) is 1. The van der Waals surface area contributed by atoms with E-state index in [2.05, 4.69) is 9.97 Å². The average molecular weight is 365 g/mol. The zero-order valence-corrected chi connectivity index (χ0v) is 14.3. The molecule has 2 rings (SSSR count). The summed E-state index contributed by atoms with van der Waals surface area (Å²) in [4.78, 5) is 22.5. The van der Waals surface area contributed by atoms with Crippen molar-refractivity contribution >= 4 is 23.3 Å². The van der Waals surface area contributed by atoms with E-state index in [9.17, 15) is 18.0 Å². The van der Waals surface area contributed by atoms with Gasteiger partial charge < -0.3 is 10.2 Å². The molecule has 0 aromatic carbocycles. The number of carbonyl (C=O) groups is 1. The van der Waals surface area contributed by atoms with E-state index in [1.54, 1.807) is 6.92 Å². The molecule has 0 radical (unpaired) electrons. The van der Waals surface area contributed by atoms with Crippen LogP contribution in [0.3, 0.4) is 0 Å². The molecule has 0 spiro atoms. The fraction of sp³-hybridized carbons (Fsp3) is 0.667. The summed E-state index contributed by atoms with van der Waals surface area (Å²) in [6.45, 7) is 3.36. The highest BCUT2D eigenvalue weighted by molar-refractivity contribution is 6.30. The van der Waals surface area contributed by atoms with Gasteiger partial charge in [0.15, 0.2) is 0 Å². The minimum absolute atomic E-state index is 0.323. The van der Waals surface area contributed by atoms with E-state index in [4.69, 9.17) is 11.6 Å². The monoisotopic (exact) mass is 364 g/mol. The molecule has 1 fully saturated rings. The number of alkyl halides is 3. The van der Waals surface area contributed by atoms with Gasteiger partial charge in [0.25, 0.3) is 0 Å². The summed E-state index contributed by atoms with van der Waals surface area (Å²) in [5.41, 5.74) is 0.790. The summed E-state index contributed by atoms with van der Waals surface area (Å²) < 4.78 is 36.8. The van der Waals surface area contributed by atoms with Gasteiger partial charge in [0.1, 0.15) is 23.3 Å². The molecular weight excluding hydrogens is 345 g/mol. The number of aryl methyl sites for hydroxylation is 1. The van der Waals surface area contributed by atoms with Gasteiger partial charge in [-0.2, -0.15) is 13.2 Å². The van der Waals surface area contributed by atoms with Crippen LogP contribution in [-0.4, -0.2) is 41.7 Å². The average Bonchev–Trinajstić information content (AvgIpc) is 2.51. The normalized spacial score (nSPS) is 18.6. The number of halogens is 4. The van der Waals surface area contributed by atoms with E-state index in [-0.39, 0.29) is 0 Å². The molecule has 1 aliphatic heterocycles. The Labute approximate surface area is 143 Å². The second kappa shape index (κ2) is 7.55. The topological polar surface area (TPSA) is 58.1 Å². The lowest BCUT2D eigenvalue weighted by molar-refractivity contribution is -0.140. The van der Waals surface area contributed by atoms with Gasteiger partial charge in [0.05, 0.1) is 5.92 Å². The number of hydrogen-bond donors (Lipinski definition) is 1. The first-order chi connectivity index (χ1) is 11.2. The van der Waals surface area contributed by atoms with Crippen molar-refractivity contribution in [3.05, 3.63) is 16.5 Å². The summed E-state index contributed by atoms with van der Waals surface area (Å²) in [7, 11) is 0. The molecule has 134 valence electrons. The number of aromatic nitrogens is 2. The first kappa shape index (κ1) is 18.8. The van der Waals surface area contributed by atoms with Crippen LogP contribution in [0.4, 0.5) is 19.0 Å². The Morgan fingerprint density at radius 2 is 2.12 bits per heavy atom. The van der Waals surface area contributed by atoms with Gasteiger partial charge in [-0.15, -0.1) is 0 Å². The molecule has 1 saturated heterocycles. The standard InChI is InChI=1S/C15H20ClF3N4O/c1-3-11-12(16)21-9(2)22-13(11)23-6-4-5-10(7-23)14(24)20-8-15(17,18)19/h10H,3-8H2,1-2H3,(H,20,24). The molecule has 0 bridgehead atoms. The first-order valence-corrected chi connectivity index (χ1v) is 8.21. The second-order valence-corrected chi connectivity index (χ2v) is 6.19. The third-order valence-corrected chi connectivity index (χ3v) is 4.27. The third kappa shape index (κ3) is 4.72. The summed E-state index contributed by atoms with van der Waals surface area (Å²) in [6.07, 6.45) is -2.51. The number of carbonyl (C=O) groups excluding carboxylic acids is 1. The predicted octanol–water partition coefficient (Wildman–Crippen LogP) is 2.90. The van der Waals surface area contributed by atoms with E-state index in [1.807, 2.05) is 17.1 Å². The molecule has 2 heterocycles. The minimum atomic E-state index is -4.41. The van der Waals surface area contributed by atoms with Gasteiger partial charge in [-0.25, -0.2) is 9.97 Å². The molecule has 1 amide bonds. The SMILES string of the molecule is CCc1c(Cl)nc(C)nc1N1CCCC(C(=O)NCC(F)(F)F)C1. The lowest BCUT2D eigenvalue weighted by atomic mass is 9.96. The van der Waals surface area contributed by atoms with E-state index in [1.165, 1.54) is 0 Å². The van der Waals surface area contributed by atoms with Crippen molar-refractivity contribution in [3.8, 4) is 0 Å². The number of hydrogen-bond acceptors (Lipinski definition) is 4. The van der Waals surface area contributed by atoms with Crippen LogP contribution in [0.15, 0.2) is 0 Å². The van der Waals surface area contributed by atoms with Crippen molar-refractivity contribution in [3.63, 3.8) is 0 Å². The Morgan fingerprint density at radius 3 is 2.75 bits per heavy atom. The number of rotatable bonds is 4. The van der Waals surface area contributed by atoms with Crippen molar-refractivity contribution in [2.45, 2.75) is 39.3 Å². The molecule has 1 atom stereocenters. The van der Waals surface area contributed by atoms with Crippen LogP contribution in [0.5, 0.6) is 0 Å². The molecule has 0 aliphatic carbocycles. The van der Waals surface area contributed by atoms with Gasteiger partial charge in [-0.3, -0.25) is 4.79 Å². The predicted molar refractivity (Wildman–Crippen MR) is 85.2 cm³/mol. The number of piperidine rings is 1. The van der Waals surface area contributed by atoms with Crippen LogP contribution in [0.25, 0.3) is 0 Å². The molecule has 24 heavy (non-hydrogen) atoms. The van der Waals surface area contributed by atoms with Crippen LogP contribution in [0.1, 0.15) is 31.2 Å². The maximum atomic E-state index is 12.3. The number of amides is 1. The van der Waals surface area contributed by atoms with Gasteiger partial charge in [0.2, 0.25) is 5.91 Å². The maximum absolute atomic E-state index is 12.3. The number of nitrogens with zero attached hydrogens (tertiary/aromatic N) is 3. The van der Waals surface area contributed by atoms with Crippen LogP contribution in [0.2, 0.25) is 5.15 Å². The van der Waals surface area contributed by atoms with Gasteiger partial charge in [0, 0.05) is 18.7 Å². The zero-order chi connectivity index (χ0) is 17.9. The van der Waals surface area contributed by atoms with Gasteiger partial charge in [-0.1, -0.05) is 18.5 Å². The maximum Gasteiger partial charge on any atom is 0.405 e. The Hall–Kier alpha value is -1.57. The first-order valence-electron chi connectivity index (χ1n) is 7.83. The van der Waals surface area contributed by atoms with E-state index >= 15 is 0 Å². The van der Waals surface area contributed by atoms with Crippen LogP contribution in [-0.2, 0) is 11.2 Å². The summed E-state index contributed by atoms with van der Waals surface area (Å²) in [5.74, 6) is 0.117. The Kier molecular flexibility index (Phi) is 5.90. The fourth-order valence-electron chi connectivity index (χ4n) is 2.83. The summed E-state index contributed by atoms with van der Waals surface area (Å²) in [6, 6.07) is 0. The van der Waals surface area contributed by atoms with E-state index in [0.29, 0.717) is 49.1 Å². The van der Waals surface area contributed by atoms with Gasteiger partial charge >= 0.3 is 6.18 Å². The van der Waals surface area contributed by atoms with Crippen molar-refractivity contribution < 1.29 is 18.0 Å². The Morgan fingerprint density at radius 1 is 1.42 bits per heavy atom. The molecule has 1 aromatic rings. The number of anilines is 1. The van der Waals surface area contributed by atoms with Crippen LogP contribution < -0.4 is 10.2 Å².